The largest absolute Gasteiger partial charge is 0.507 e. The van der Waals surface area contributed by atoms with Crippen molar-refractivity contribution in [2.24, 2.45) is 5.10 Å². The minimum atomic E-state index is -0.383. The molecule has 0 bridgehead atoms. The zero-order valence-corrected chi connectivity index (χ0v) is 12.0. The Morgan fingerprint density at radius 2 is 2.14 bits per heavy atom. The molecule has 0 saturated carbocycles. The lowest BCUT2D eigenvalue weighted by Crippen LogP contribution is -2.17. The number of nitrogens with one attached hydrogen (secondary N) is 1. The van der Waals surface area contributed by atoms with Gasteiger partial charge in [0.1, 0.15) is 11.5 Å². The first-order valence-corrected chi connectivity index (χ1v) is 6.44. The fourth-order valence-electron chi connectivity index (χ4n) is 1.62. The van der Waals surface area contributed by atoms with E-state index < -0.39 is 0 Å². The van der Waals surface area contributed by atoms with Gasteiger partial charge < -0.3 is 9.84 Å². The van der Waals surface area contributed by atoms with Gasteiger partial charge in [0.25, 0.3) is 5.91 Å². The predicted molar refractivity (Wildman–Crippen MR) is 81.2 cm³/mol. The van der Waals surface area contributed by atoms with Gasteiger partial charge in [-0.2, -0.15) is 5.10 Å². The molecule has 0 fully saturated rings. The van der Waals surface area contributed by atoms with E-state index in [1.165, 1.54) is 25.5 Å². The lowest BCUT2D eigenvalue weighted by molar-refractivity contribution is 0.0955. The molecule has 0 saturated heterocycles. The number of rotatable bonds is 4. The number of phenols is 1. The average molecular weight is 305 g/mol. The number of carbonyl (C=O) groups is 1. The molecule has 0 unspecified atom stereocenters. The Bertz CT molecular complexity index is 686. The number of hydrogen-bond donors (Lipinski definition) is 2. The number of amides is 1. The van der Waals surface area contributed by atoms with E-state index in [0.29, 0.717) is 21.9 Å². The lowest BCUT2D eigenvalue weighted by atomic mass is 10.2. The molecular weight excluding hydrogens is 292 g/mol. The van der Waals surface area contributed by atoms with Gasteiger partial charge in [0.05, 0.1) is 13.3 Å². The van der Waals surface area contributed by atoms with Crippen LogP contribution in [0.15, 0.2) is 47.6 Å². The maximum Gasteiger partial charge on any atom is 0.271 e. The number of nitrogens with zero attached hydrogens (tertiary/aromatic N) is 1. The van der Waals surface area contributed by atoms with Crippen LogP contribution in [-0.4, -0.2) is 24.3 Å². The van der Waals surface area contributed by atoms with E-state index in [-0.39, 0.29) is 11.7 Å². The summed E-state index contributed by atoms with van der Waals surface area (Å²) in [4.78, 5) is 11.9. The second-order valence-electron chi connectivity index (χ2n) is 4.13. The molecule has 0 spiro atoms. The monoisotopic (exact) mass is 304 g/mol. The summed E-state index contributed by atoms with van der Waals surface area (Å²) in [5, 5.41) is 13.9. The Kier molecular flexibility index (Phi) is 4.79. The second kappa shape index (κ2) is 6.76. The van der Waals surface area contributed by atoms with Crippen molar-refractivity contribution in [1.29, 1.82) is 0 Å². The third-order valence-corrected chi connectivity index (χ3v) is 2.93. The van der Waals surface area contributed by atoms with E-state index >= 15 is 0 Å². The number of carbonyl (C=O) groups excluding carboxylic acids is 1. The van der Waals surface area contributed by atoms with Crippen LogP contribution in [0.1, 0.15) is 15.9 Å². The molecular formula is C15H13ClN2O3. The maximum atomic E-state index is 11.9. The van der Waals surface area contributed by atoms with Crippen LogP contribution in [-0.2, 0) is 0 Å². The Labute approximate surface area is 126 Å². The SMILES string of the molecule is COc1cccc(C(=O)NN=Cc2cc(Cl)ccc2O)c1. The normalized spacial score (nSPS) is 10.6. The quantitative estimate of drug-likeness (QED) is 0.674. The summed E-state index contributed by atoms with van der Waals surface area (Å²) in [5.74, 6) is 0.226. The number of hydrogen-bond acceptors (Lipinski definition) is 4. The van der Waals surface area contributed by atoms with Crippen molar-refractivity contribution in [2.45, 2.75) is 0 Å². The first-order chi connectivity index (χ1) is 10.1. The van der Waals surface area contributed by atoms with Crippen LogP contribution in [0.3, 0.4) is 0 Å². The molecule has 0 aliphatic carbocycles. The molecule has 0 aromatic heterocycles. The van der Waals surface area contributed by atoms with Crippen LogP contribution in [0, 0.1) is 0 Å². The fourth-order valence-corrected chi connectivity index (χ4v) is 1.80. The van der Waals surface area contributed by atoms with Gasteiger partial charge in [-0.25, -0.2) is 5.43 Å². The molecule has 21 heavy (non-hydrogen) atoms. The molecule has 0 aliphatic rings. The zero-order chi connectivity index (χ0) is 15.2. The van der Waals surface area contributed by atoms with Crippen molar-refractivity contribution < 1.29 is 14.6 Å². The van der Waals surface area contributed by atoms with Crippen LogP contribution in [0.5, 0.6) is 11.5 Å². The molecule has 0 heterocycles. The van der Waals surface area contributed by atoms with Crippen molar-refractivity contribution in [1.82, 2.24) is 5.43 Å². The third-order valence-electron chi connectivity index (χ3n) is 2.69. The standard InChI is InChI=1S/C15H13ClN2O3/c1-21-13-4-2-3-10(8-13)15(20)18-17-9-11-7-12(16)5-6-14(11)19/h2-9,19H,1H3,(H,18,20). The average Bonchev–Trinajstić information content (AvgIpc) is 2.50. The second-order valence-corrected chi connectivity index (χ2v) is 4.57. The number of methoxy groups -OCH3 is 1. The molecule has 2 aromatic carbocycles. The van der Waals surface area contributed by atoms with Crippen LogP contribution in [0.4, 0.5) is 0 Å². The van der Waals surface area contributed by atoms with Gasteiger partial charge in [0.15, 0.2) is 0 Å². The van der Waals surface area contributed by atoms with Crippen molar-refractivity contribution in [3.8, 4) is 11.5 Å². The number of phenolic OH excluding ortho intramolecular Hbond substituents is 1. The Hall–Kier alpha value is -2.53. The van der Waals surface area contributed by atoms with Crippen LogP contribution >= 0.6 is 11.6 Å². The van der Waals surface area contributed by atoms with Crippen molar-refractivity contribution in [3.05, 3.63) is 58.6 Å². The number of hydrazone groups is 1. The van der Waals surface area contributed by atoms with Crippen molar-refractivity contribution in [2.75, 3.05) is 7.11 Å². The summed E-state index contributed by atoms with van der Waals surface area (Å²) in [5.41, 5.74) is 3.20. The first kappa shape index (κ1) is 14.9. The minimum absolute atomic E-state index is 0.0266. The van der Waals surface area contributed by atoms with Gasteiger partial charge >= 0.3 is 0 Å². The smallest absolute Gasteiger partial charge is 0.271 e. The van der Waals surface area contributed by atoms with E-state index in [4.69, 9.17) is 16.3 Å². The molecule has 1 amide bonds. The molecule has 0 radical (unpaired) electrons. The van der Waals surface area contributed by atoms with Gasteiger partial charge in [0, 0.05) is 16.1 Å². The van der Waals surface area contributed by atoms with E-state index in [0.717, 1.165) is 0 Å². The highest BCUT2D eigenvalue weighted by molar-refractivity contribution is 6.30. The number of benzene rings is 2. The molecule has 2 rings (SSSR count). The molecule has 108 valence electrons. The lowest BCUT2D eigenvalue weighted by Gasteiger charge is -2.03. The van der Waals surface area contributed by atoms with E-state index in [1.807, 2.05) is 0 Å². The third kappa shape index (κ3) is 3.97. The molecule has 0 atom stereocenters. The highest BCUT2D eigenvalue weighted by atomic mass is 35.5. The van der Waals surface area contributed by atoms with Gasteiger partial charge in [0.2, 0.25) is 0 Å². The fraction of sp³-hybridized carbons (Fsp3) is 0.0667. The summed E-state index contributed by atoms with van der Waals surface area (Å²) in [7, 11) is 1.52. The predicted octanol–water partition coefficient (Wildman–Crippen LogP) is 2.82. The van der Waals surface area contributed by atoms with Gasteiger partial charge in [-0.3, -0.25) is 4.79 Å². The van der Waals surface area contributed by atoms with E-state index in [2.05, 4.69) is 10.5 Å². The zero-order valence-electron chi connectivity index (χ0n) is 11.2. The number of aromatic hydroxyl groups is 1. The van der Waals surface area contributed by atoms with Crippen molar-refractivity contribution in [3.63, 3.8) is 0 Å². The van der Waals surface area contributed by atoms with E-state index in [1.54, 1.807) is 30.3 Å². The topological polar surface area (TPSA) is 70.9 Å². The summed E-state index contributed by atoms with van der Waals surface area (Å²) >= 11 is 5.81. The summed E-state index contributed by atoms with van der Waals surface area (Å²) in [6.45, 7) is 0. The Morgan fingerprint density at radius 3 is 2.90 bits per heavy atom. The van der Waals surface area contributed by atoms with Crippen LogP contribution in [0.2, 0.25) is 5.02 Å². The van der Waals surface area contributed by atoms with Crippen LogP contribution < -0.4 is 10.2 Å². The first-order valence-electron chi connectivity index (χ1n) is 6.06. The highest BCUT2D eigenvalue weighted by Crippen LogP contribution is 2.19. The number of halogens is 1. The molecule has 5 nitrogen and oxygen atoms in total. The van der Waals surface area contributed by atoms with Crippen molar-refractivity contribution >= 4 is 23.7 Å². The van der Waals surface area contributed by atoms with E-state index in [9.17, 15) is 9.90 Å². The molecule has 6 heteroatoms. The molecule has 0 aliphatic heterocycles. The van der Waals surface area contributed by atoms with Gasteiger partial charge in [-0.05, 0) is 36.4 Å². The van der Waals surface area contributed by atoms with Gasteiger partial charge in [-0.1, -0.05) is 17.7 Å². The number of ether oxygens (including phenoxy) is 1. The summed E-state index contributed by atoms with van der Waals surface area (Å²) in [6.07, 6.45) is 1.32. The maximum absolute atomic E-state index is 11.9. The van der Waals surface area contributed by atoms with Crippen LogP contribution in [0.25, 0.3) is 0 Å². The highest BCUT2D eigenvalue weighted by Gasteiger charge is 2.05. The molecule has 2 aromatic rings. The van der Waals surface area contributed by atoms with Gasteiger partial charge in [-0.15, -0.1) is 0 Å². The summed E-state index contributed by atoms with van der Waals surface area (Å²) in [6, 6.07) is 11.2. The Balaban J connectivity index is 2.06. The summed E-state index contributed by atoms with van der Waals surface area (Å²) < 4.78 is 5.04. The Morgan fingerprint density at radius 1 is 1.33 bits per heavy atom. The molecule has 2 N–H and O–H groups in total. The minimum Gasteiger partial charge on any atom is -0.507 e.